The SMILES string of the molecule is CC(C)(CNC(=O)CCN1C(=O)C=CC1=O)COC(C)(C)CC(=O)NCC=O. The summed E-state index contributed by atoms with van der Waals surface area (Å²) in [7, 11) is 0. The second-order valence-corrected chi connectivity index (χ2v) is 8.05. The molecule has 1 heterocycles. The van der Waals surface area contributed by atoms with Gasteiger partial charge in [-0.3, -0.25) is 24.1 Å². The van der Waals surface area contributed by atoms with E-state index in [4.69, 9.17) is 4.74 Å². The molecule has 4 amide bonds. The Morgan fingerprint density at radius 2 is 1.68 bits per heavy atom. The molecule has 2 N–H and O–H groups in total. The number of carbonyl (C=O) groups is 5. The number of hydrogen-bond acceptors (Lipinski definition) is 6. The molecular weight excluding hydrogens is 366 g/mol. The molecule has 1 rings (SSSR count). The summed E-state index contributed by atoms with van der Waals surface area (Å²) in [4.78, 5) is 57.9. The van der Waals surface area contributed by atoms with Gasteiger partial charge in [-0.2, -0.15) is 0 Å². The highest BCUT2D eigenvalue weighted by atomic mass is 16.5. The zero-order valence-electron chi connectivity index (χ0n) is 16.9. The summed E-state index contributed by atoms with van der Waals surface area (Å²) < 4.78 is 5.84. The van der Waals surface area contributed by atoms with Crippen LogP contribution >= 0.6 is 0 Å². The third-order valence-electron chi connectivity index (χ3n) is 4.05. The topological polar surface area (TPSA) is 122 Å². The number of amides is 4. The molecule has 0 aromatic rings. The van der Waals surface area contributed by atoms with Crippen LogP contribution in [0, 0.1) is 5.41 Å². The normalized spacial score (nSPS) is 14.4. The first kappa shape index (κ1) is 23.5. The lowest BCUT2D eigenvalue weighted by atomic mass is 9.94. The highest BCUT2D eigenvalue weighted by molar-refractivity contribution is 6.13. The molecule has 0 aliphatic carbocycles. The van der Waals surface area contributed by atoms with Crippen molar-refractivity contribution in [3.63, 3.8) is 0 Å². The molecule has 0 bridgehead atoms. The summed E-state index contributed by atoms with van der Waals surface area (Å²) in [5.74, 6) is -1.37. The standard InChI is InChI=1S/C19H29N3O6/c1-18(2,13-28-19(3,4)11-15(25)20-8-10-23)12-21-14(24)7-9-22-16(26)5-6-17(22)27/h5-6,10H,7-9,11-13H2,1-4H3,(H,20,25)(H,21,24). The van der Waals surface area contributed by atoms with Crippen LogP contribution in [-0.4, -0.2) is 66.7 Å². The molecule has 0 aromatic heterocycles. The average Bonchev–Trinajstić information content (AvgIpc) is 2.93. The molecular formula is C19H29N3O6. The van der Waals surface area contributed by atoms with E-state index >= 15 is 0 Å². The van der Waals surface area contributed by atoms with E-state index in [1.807, 2.05) is 13.8 Å². The summed E-state index contributed by atoms with van der Waals surface area (Å²) in [6.45, 7) is 8.02. The average molecular weight is 395 g/mol. The molecule has 1 aliphatic heterocycles. The van der Waals surface area contributed by atoms with Gasteiger partial charge in [0.1, 0.15) is 6.29 Å². The summed E-state index contributed by atoms with van der Waals surface area (Å²) in [6, 6.07) is 0. The number of hydrogen-bond donors (Lipinski definition) is 2. The van der Waals surface area contributed by atoms with E-state index in [0.717, 1.165) is 4.90 Å². The van der Waals surface area contributed by atoms with Gasteiger partial charge in [0.15, 0.2) is 0 Å². The molecule has 0 atom stereocenters. The largest absolute Gasteiger partial charge is 0.374 e. The van der Waals surface area contributed by atoms with Crippen molar-refractivity contribution in [3.8, 4) is 0 Å². The Balaban J connectivity index is 2.35. The van der Waals surface area contributed by atoms with Crippen LogP contribution in [0.5, 0.6) is 0 Å². The Hall–Kier alpha value is -2.55. The van der Waals surface area contributed by atoms with E-state index in [9.17, 15) is 24.0 Å². The van der Waals surface area contributed by atoms with E-state index in [2.05, 4.69) is 10.6 Å². The lowest BCUT2D eigenvalue weighted by molar-refractivity contribution is -0.137. The minimum Gasteiger partial charge on any atom is -0.374 e. The van der Waals surface area contributed by atoms with E-state index in [0.29, 0.717) is 19.4 Å². The van der Waals surface area contributed by atoms with Gasteiger partial charge in [0.25, 0.3) is 11.8 Å². The lowest BCUT2D eigenvalue weighted by Crippen LogP contribution is -2.42. The van der Waals surface area contributed by atoms with Crippen molar-refractivity contribution in [2.75, 3.05) is 26.2 Å². The van der Waals surface area contributed by atoms with Crippen LogP contribution in [0.15, 0.2) is 12.2 Å². The van der Waals surface area contributed by atoms with Crippen molar-refractivity contribution < 1.29 is 28.7 Å². The molecule has 0 spiro atoms. The number of rotatable bonds is 12. The zero-order chi connectivity index (χ0) is 21.4. The Morgan fingerprint density at radius 1 is 1.07 bits per heavy atom. The van der Waals surface area contributed by atoms with Gasteiger partial charge in [0.05, 0.1) is 25.2 Å². The van der Waals surface area contributed by atoms with Gasteiger partial charge in [-0.15, -0.1) is 0 Å². The van der Waals surface area contributed by atoms with Gasteiger partial charge >= 0.3 is 0 Å². The number of nitrogens with one attached hydrogen (secondary N) is 2. The summed E-state index contributed by atoms with van der Waals surface area (Å²) in [5.41, 5.74) is -1.12. The first-order chi connectivity index (χ1) is 13.0. The van der Waals surface area contributed by atoms with E-state index in [1.54, 1.807) is 13.8 Å². The van der Waals surface area contributed by atoms with Crippen LogP contribution in [-0.2, 0) is 28.7 Å². The van der Waals surface area contributed by atoms with Crippen LogP contribution in [0.2, 0.25) is 0 Å². The molecule has 0 saturated heterocycles. The van der Waals surface area contributed by atoms with Crippen molar-refractivity contribution >= 4 is 29.9 Å². The van der Waals surface area contributed by atoms with Crippen LogP contribution in [0.25, 0.3) is 0 Å². The maximum Gasteiger partial charge on any atom is 0.253 e. The summed E-state index contributed by atoms with van der Waals surface area (Å²) in [6.07, 6.45) is 3.11. The fourth-order valence-electron chi connectivity index (χ4n) is 2.39. The van der Waals surface area contributed by atoms with Gasteiger partial charge in [0.2, 0.25) is 11.8 Å². The second kappa shape index (κ2) is 10.1. The van der Waals surface area contributed by atoms with Gasteiger partial charge in [-0.05, 0) is 13.8 Å². The highest BCUT2D eigenvalue weighted by Gasteiger charge is 2.28. The molecule has 0 fully saturated rings. The molecule has 28 heavy (non-hydrogen) atoms. The predicted molar refractivity (Wildman–Crippen MR) is 101 cm³/mol. The van der Waals surface area contributed by atoms with Crippen LogP contribution in [0.3, 0.4) is 0 Å². The molecule has 0 unspecified atom stereocenters. The third kappa shape index (κ3) is 8.43. The monoisotopic (exact) mass is 395 g/mol. The number of imide groups is 1. The van der Waals surface area contributed by atoms with Crippen LogP contribution in [0.4, 0.5) is 0 Å². The van der Waals surface area contributed by atoms with Gasteiger partial charge in [-0.1, -0.05) is 13.8 Å². The summed E-state index contributed by atoms with van der Waals surface area (Å²) in [5, 5.41) is 5.24. The van der Waals surface area contributed by atoms with Crippen molar-refractivity contribution in [2.45, 2.75) is 46.1 Å². The number of ether oxygens (including phenoxy) is 1. The lowest BCUT2D eigenvalue weighted by Gasteiger charge is -2.31. The Labute approximate surface area is 164 Å². The van der Waals surface area contributed by atoms with Crippen molar-refractivity contribution in [1.82, 2.24) is 15.5 Å². The molecule has 9 nitrogen and oxygen atoms in total. The first-order valence-electron chi connectivity index (χ1n) is 9.10. The maximum atomic E-state index is 12.0. The Kier molecular flexibility index (Phi) is 8.49. The third-order valence-corrected chi connectivity index (χ3v) is 4.05. The van der Waals surface area contributed by atoms with Crippen molar-refractivity contribution in [3.05, 3.63) is 12.2 Å². The smallest absolute Gasteiger partial charge is 0.253 e. The van der Waals surface area contributed by atoms with E-state index < -0.39 is 22.8 Å². The van der Waals surface area contributed by atoms with E-state index in [1.165, 1.54) is 12.2 Å². The number of nitrogens with zero attached hydrogens (tertiary/aromatic N) is 1. The van der Waals surface area contributed by atoms with Crippen LogP contribution in [0.1, 0.15) is 40.5 Å². The minimum atomic E-state index is -0.724. The van der Waals surface area contributed by atoms with Gasteiger partial charge < -0.3 is 20.2 Å². The highest BCUT2D eigenvalue weighted by Crippen LogP contribution is 2.21. The maximum absolute atomic E-state index is 12.0. The fraction of sp³-hybridized carbons (Fsp3) is 0.632. The van der Waals surface area contributed by atoms with Crippen LogP contribution < -0.4 is 10.6 Å². The molecule has 0 aromatic carbocycles. The molecule has 0 radical (unpaired) electrons. The zero-order valence-corrected chi connectivity index (χ0v) is 16.9. The van der Waals surface area contributed by atoms with Crippen molar-refractivity contribution in [1.29, 1.82) is 0 Å². The minimum absolute atomic E-state index is 0.0263. The van der Waals surface area contributed by atoms with E-state index in [-0.39, 0.29) is 37.7 Å². The van der Waals surface area contributed by atoms with Gasteiger partial charge in [0, 0.05) is 37.1 Å². The summed E-state index contributed by atoms with van der Waals surface area (Å²) >= 11 is 0. The molecule has 9 heteroatoms. The van der Waals surface area contributed by atoms with Crippen molar-refractivity contribution in [2.24, 2.45) is 5.41 Å². The molecule has 1 aliphatic rings. The predicted octanol–water partition coefficient (Wildman–Crippen LogP) is -0.0557. The number of carbonyl (C=O) groups excluding carboxylic acids is 5. The Morgan fingerprint density at radius 3 is 2.25 bits per heavy atom. The second-order valence-electron chi connectivity index (χ2n) is 8.05. The first-order valence-corrected chi connectivity index (χ1v) is 9.10. The molecule has 0 saturated carbocycles. The molecule has 156 valence electrons. The quantitative estimate of drug-likeness (QED) is 0.353. The Bertz CT molecular complexity index is 636. The fourth-order valence-corrected chi connectivity index (χ4v) is 2.39. The van der Waals surface area contributed by atoms with Gasteiger partial charge in [-0.25, -0.2) is 0 Å². The number of aldehydes is 1.